The Morgan fingerprint density at radius 3 is 1.95 bits per heavy atom. The lowest BCUT2D eigenvalue weighted by Gasteiger charge is -2.28. The molecule has 1 N–H and O–H groups in total. The lowest BCUT2D eigenvalue weighted by Crippen LogP contribution is -2.24. The van der Waals surface area contributed by atoms with Gasteiger partial charge in [0.05, 0.1) is 7.11 Å². The minimum atomic E-state index is -1.02. The number of rotatable bonds is 3. The van der Waals surface area contributed by atoms with Crippen LogP contribution >= 0.6 is 0 Å². The standard InChI is InChI=1S/C19H24O2/c1-12-7-13(2)9-16(8-12)19(5,20)17-10-15(4)18(21-6)11-14(17)3/h7-11,20H,1-6H3. The smallest absolute Gasteiger partial charge is 0.122 e. The zero-order valence-electron chi connectivity index (χ0n) is 13.7. The highest BCUT2D eigenvalue weighted by atomic mass is 16.5. The van der Waals surface area contributed by atoms with Crippen molar-refractivity contribution in [3.63, 3.8) is 0 Å². The monoisotopic (exact) mass is 284 g/mol. The maximum Gasteiger partial charge on any atom is 0.122 e. The van der Waals surface area contributed by atoms with Crippen LogP contribution in [0, 0.1) is 27.7 Å². The molecule has 1 unspecified atom stereocenters. The Labute approximate surface area is 127 Å². The second-order valence-electron chi connectivity index (χ2n) is 6.09. The third kappa shape index (κ3) is 2.96. The molecule has 0 aliphatic heterocycles. The summed E-state index contributed by atoms with van der Waals surface area (Å²) in [5.74, 6) is 0.854. The first kappa shape index (κ1) is 15.6. The predicted octanol–water partition coefficient (Wildman–Crippen LogP) is 4.18. The van der Waals surface area contributed by atoms with Gasteiger partial charge in [0.15, 0.2) is 0 Å². The first-order valence-corrected chi connectivity index (χ1v) is 7.22. The summed E-state index contributed by atoms with van der Waals surface area (Å²) in [5.41, 5.74) is 5.21. The molecule has 0 saturated heterocycles. The van der Waals surface area contributed by atoms with E-state index >= 15 is 0 Å². The van der Waals surface area contributed by atoms with Gasteiger partial charge in [-0.2, -0.15) is 0 Å². The van der Waals surface area contributed by atoms with Crippen LogP contribution in [0.4, 0.5) is 0 Å². The fraction of sp³-hybridized carbons (Fsp3) is 0.368. The molecule has 0 radical (unpaired) electrons. The third-order valence-corrected chi connectivity index (χ3v) is 4.05. The fourth-order valence-electron chi connectivity index (χ4n) is 2.95. The van der Waals surface area contributed by atoms with E-state index in [2.05, 4.69) is 19.9 Å². The van der Waals surface area contributed by atoms with Gasteiger partial charge in [0.2, 0.25) is 0 Å². The number of methoxy groups -OCH3 is 1. The molecule has 0 aromatic heterocycles. The minimum absolute atomic E-state index is 0.854. The molecule has 0 spiro atoms. The van der Waals surface area contributed by atoms with Gasteiger partial charge < -0.3 is 9.84 Å². The van der Waals surface area contributed by atoms with E-state index in [1.165, 1.54) is 0 Å². The van der Waals surface area contributed by atoms with Gasteiger partial charge in [-0.3, -0.25) is 0 Å². The number of aliphatic hydroxyl groups is 1. The fourth-order valence-corrected chi connectivity index (χ4v) is 2.95. The van der Waals surface area contributed by atoms with Crippen LogP contribution in [-0.4, -0.2) is 12.2 Å². The van der Waals surface area contributed by atoms with Crippen LogP contribution in [0.3, 0.4) is 0 Å². The molecular formula is C19H24O2. The molecule has 2 rings (SSSR count). The van der Waals surface area contributed by atoms with E-state index in [0.29, 0.717) is 0 Å². The molecule has 112 valence electrons. The molecule has 2 heteroatoms. The van der Waals surface area contributed by atoms with E-state index in [4.69, 9.17) is 4.74 Å². The van der Waals surface area contributed by atoms with Crippen molar-refractivity contribution in [1.82, 2.24) is 0 Å². The van der Waals surface area contributed by atoms with Crippen molar-refractivity contribution in [1.29, 1.82) is 0 Å². The van der Waals surface area contributed by atoms with Crippen LogP contribution in [0.25, 0.3) is 0 Å². The van der Waals surface area contributed by atoms with Gasteiger partial charge in [-0.25, -0.2) is 0 Å². The minimum Gasteiger partial charge on any atom is -0.496 e. The summed E-state index contributed by atoms with van der Waals surface area (Å²) in [5, 5.41) is 11.1. The second kappa shape index (κ2) is 5.53. The topological polar surface area (TPSA) is 29.5 Å². The van der Waals surface area contributed by atoms with Gasteiger partial charge >= 0.3 is 0 Å². The summed E-state index contributed by atoms with van der Waals surface area (Å²) in [6, 6.07) is 10.2. The molecule has 2 aromatic carbocycles. The van der Waals surface area contributed by atoms with Gasteiger partial charge in [0, 0.05) is 0 Å². The molecule has 1 atom stereocenters. The Morgan fingerprint density at radius 1 is 0.857 bits per heavy atom. The van der Waals surface area contributed by atoms with Crippen molar-refractivity contribution in [2.75, 3.05) is 7.11 Å². The summed E-state index contributed by atoms with van der Waals surface area (Å²) >= 11 is 0. The van der Waals surface area contributed by atoms with Crippen molar-refractivity contribution in [3.8, 4) is 5.75 Å². The van der Waals surface area contributed by atoms with Gasteiger partial charge in [-0.05, 0) is 69.0 Å². The Hall–Kier alpha value is -1.80. The van der Waals surface area contributed by atoms with Crippen LogP contribution in [0.15, 0.2) is 30.3 Å². The maximum absolute atomic E-state index is 11.1. The number of hydrogen-bond acceptors (Lipinski definition) is 2. The Kier molecular flexibility index (Phi) is 4.11. The van der Waals surface area contributed by atoms with Crippen molar-refractivity contribution in [3.05, 3.63) is 63.7 Å². The summed E-state index contributed by atoms with van der Waals surface area (Å²) in [4.78, 5) is 0. The summed E-state index contributed by atoms with van der Waals surface area (Å²) in [6.07, 6.45) is 0. The lowest BCUT2D eigenvalue weighted by atomic mass is 9.83. The molecule has 0 heterocycles. The first-order chi connectivity index (χ1) is 9.75. The number of benzene rings is 2. The number of ether oxygens (including phenoxy) is 1. The molecule has 0 bridgehead atoms. The third-order valence-electron chi connectivity index (χ3n) is 4.05. The van der Waals surface area contributed by atoms with E-state index in [-0.39, 0.29) is 0 Å². The second-order valence-corrected chi connectivity index (χ2v) is 6.09. The van der Waals surface area contributed by atoms with Crippen LogP contribution in [0.1, 0.15) is 40.3 Å². The van der Waals surface area contributed by atoms with Crippen LogP contribution in [0.5, 0.6) is 5.75 Å². The van der Waals surface area contributed by atoms with E-state index < -0.39 is 5.60 Å². The van der Waals surface area contributed by atoms with E-state index in [0.717, 1.165) is 39.1 Å². The Bertz CT molecular complexity index is 649. The predicted molar refractivity (Wildman–Crippen MR) is 87.1 cm³/mol. The Morgan fingerprint density at radius 2 is 1.43 bits per heavy atom. The van der Waals surface area contributed by atoms with Gasteiger partial charge in [-0.15, -0.1) is 0 Å². The summed E-state index contributed by atoms with van der Waals surface area (Å²) in [6.45, 7) is 9.97. The molecule has 0 aliphatic rings. The van der Waals surface area contributed by atoms with E-state index in [1.54, 1.807) is 7.11 Å². The molecule has 2 nitrogen and oxygen atoms in total. The first-order valence-electron chi connectivity index (χ1n) is 7.22. The molecule has 0 amide bonds. The van der Waals surface area contributed by atoms with Crippen LogP contribution in [-0.2, 0) is 5.60 Å². The molecule has 0 fully saturated rings. The quantitative estimate of drug-likeness (QED) is 0.916. The molecular weight excluding hydrogens is 260 g/mol. The lowest BCUT2D eigenvalue weighted by molar-refractivity contribution is 0.101. The summed E-state index contributed by atoms with van der Waals surface area (Å²) < 4.78 is 5.36. The van der Waals surface area contributed by atoms with Crippen molar-refractivity contribution >= 4 is 0 Å². The number of hydrogen-bond donors (Lipinski definition) is 1. The van der Waals surface area contributed by atoms with Gasteiger partial charge in [0.25, 0.3) is 0 Å². The van der Waals surface area contributed by atoms with E-state index in [9.17, 15) is 5.11 Å². The zero-order chi connectivity index (χ0) is 15.8. The SMILES string of the molecule is COc1cc(C)c(C(C)(O)c2cc(C)cc(C)c2)cc1C. The highest BCUT2D eigenvalue weighted by Gasteiger charge is 2.28. The number of aryl methyl sites for hydroxylation is 4. The maximum atomic E-state index is 11.1. The van der Waals surface area contributed by atoms with Gasteiger partial charge in [-0.1, -0.05) is 29.3 Å². The van der Waals surface area contributed by atoms with E-state index in [1.807, 2.05) is 45.0 Å². The Balaban J connectivity index is 2.60. The highest BCUT2D eigenvalue weighted by Crippen LogP contribution is 2.35. The largest absolute Gasteiger partial charge is 0.496 e. The zero-order valence-corrected chi connectivity index (χ0v) is 13.7. The summed E-state index contributed by atoms with van der Waals surface area (Å²) in [7, 11) is 1.67. The highest BCUT2D eigenvalue weighted by molar-refractivity contribution is 5.48. The average Bonchev–Trinajstić information content (AvgIpc) is 2.39. The average molecular weight is 284 g/mol. The van der Waals surface area contributed by atoms with Crippen molar-refractivity contribution in [2.24, 2.45) is 0 Å². The van der Waals surface area contributed by atoms with Gasteiger partial charge in [0.1, 0.15) is 11.4 Å². The molecule has 0 saturated carbocycles. The van der Waals surface area contributed by atoms with Crippen molar-refractivity contribution in [2.45, 2.75) is 40.2 Å². The molecule has 2 aromatic rings. The van der Waals surface area contributed by atoms with Crippen LogP contribution in [0.2, 0.25) is 0 Å². The van der Waals surface area contributed by atoms with Crippen molar-refractivity contribution < 1.29 is 9.84 Å². The molecule has 21 heavy (non-hydrogen) atoms. The normalized spacial score (nSPS) is 13.9. The van der Waals surface area contributed by atoms with Crippen LogP contribution < -0.4 is 4.74 Å². The molecule has 0 aliphatic carbocycles.